The van der Waals surface area contributed by atoms with Crippen LogP contribution in [0.4, 0.5) is 0 Å². The fourth-order valence-electron chi connectivity index (χ4n) is 5.93. The molecule has 2 aromatic rings. The molecule has 2 aliphatic carbocycles. The third-order valence-electron chi connectivity index (χ3n) is 8.23. The molecular formula is C27H33ClO6. The molecule has 0 amide bonds. The molecule has 4 N–H and O–H groups in total. The maximum atomic E-state index is 10.5. The molecule has 3 aliphatic rings. The van der Waals surface area contributed by atoms with E-state index in [1.54, 1.807) is 12.1 Å². The van der Waals surface area contributed by atoms with Gasteiger partial charge >= 0.3 is 0 Å². The molecule has 34 heavy (non-hydrogen) atoms. The Kier molecular flexibility index (Phi) is 6.42. The molecule has 6 nitrogen and oxygen atoms in total. The molecule has 1 saturated heterocycles. The van der Waals surface area contributed by atoms with Crippen LogP contribution in [0.2, 0.25) is 5.02 Å². The molecule has 1 aliphatic heterocycles. The van der Waals surface area contributed by atoms with Gasteiger partial charge in [0.2, 0.25) is 0 Å². The predicted molar refractivity (Wildman–Crippen MR) is 128 cm³/mol. The van der Waals surface area contributed by atoms with Crippen molar-refractivity contribution in [2.75, 3.05) is 6.61 Å². The molecule has 0 aromatic heterocycles. The highest BCUT2D eigenvalue weighted by molar-refractivity contribution is 6.31. The van der Waals surface area contributed by atoms with Crippen molar-refractivity contribution < 1.29 is 29.9 Å². The molecule has 184 valence electrons. The molecular weight excluding hydrogens is 456 g/mol. The number of aliphatic hydroxyl groups is 4. The average Bonchev–Trinajstić information content (AvgIpc) is 3.13. The first-order valence-corrected chi connectivity index (χ1v) is 12.4. The quantitative estimate of drug-likeness (QED) is 0.498. The smallest absolute Gasteiger partial charge is 0.119 e. The second-order valence-electron chi connectivity index (χ2n) is 10.7. The third-order valence-corrected chi connectivity index (χ3v) is 8.60. The van der Waals surface area contributed by atoms with Crippen LogP contribution in [0.1, 0.15) is 49.5 Å². The lowest BCUT2D eigenvalue weighted by molar-refractivity contribution is -0.231. The van der Waals surface area contributed by atoms with Crippen molar-refractivity contribution in [2.24, 2.45) is 17.3 Å². The van der Waals surface area contributed by atoms with Crippen molar-refractivity contribution >= 4 is 11.6 Å². The second-order valence-corrected chi connectivity index (χ2v) is 11.1. The van der Waals surface area contributed by atoms with Crippen LogP contribution in [0.3, 0.4) is 0 Å². The van der Waals surface area contributed by atoms with Crippen LogP contribution >= 0.6 is 11.6 Å². The maximum Gasteiger partial charge on any atom is 0.119 e. The number of fused-ring (bicyclic) bond motifs is 1. The summed E-state index contributed by atoms with van der Waals surface area (Å²) in [6.45, 7) is 4.24. The van der Waals surface area contributed by atoms with Gasteiger partial charge in [-0.15, -0.1) is 0 Å². The minimum atomic E-state index is -1.42. The summed E-state index contributed by atoms with van der Waals surface area (Å²) in [6.07, 6.45) is -2.80. The largest absolute Gasteiger partial charge is 0.490 e. The van der Waals surface area contributed by atoms with Crippen LogP contribution in [0.15, 0.2) is 42.5 Å². The van der Waals surface area contributed by atoms with Crippen LogP contribution < -0.4 is 4.74 Å². The minimum absolute atomic E-state index is 0.304. The molecule has 0 spiro atoms. The Labute approximate surface area is 205 Å². The zero-order valence-corrected chi connectivity index (χ0v) is 20.2. The van der Waals surface area contributed by atoms with Gasteiger partial charge in [0, 0.05) is 5.02 Å². The Morgan fingerprint density at radius 2 is 1.65 bits per heavy atom. The van der Waals surface area contributed by atoms with E-state index in [0.717, 1.165) is 41.6 Å². The summed E-state index contributed by atoms with van der Waals surface area (Å²) in [4.78, 5) is 0. The van der Waals surface area contributed by atoms with Gasteiger partial charge in [-0.25, -0.2) is 0 Å². The first-order chi connectivity index (χ1) is 16.2. The van der Waals surface area contributed by atoms with Crippen LogP contribution in [0.25, 0.3) is 0 Å². The van der Waals surface area contributed by atoms with E-state index in [2.05, 4.69) is 13.8 Å². The topological polar surface area (TPSA) is 99.4 Å². The minimum Gasteiger partial charge on any atom is -0.490 e. The van der Waals surface area contributed by atoms with Gasteiger partial charge in [-0.2, -0.15) is 0 Å². The number of hydrogen-bond acceptors (Lipinski definition) is 6. The molecule has 1 heterocycles. The Morgan fingerprint density at radius 3 is 2.29 bits per heavy atom. The van der Waals surface area contributed by atoms with Crippen LogP contribution in [-0.4, -0.2) is 57.6 Å². The lowest BCUT2D eigenvalue weighted by atomic mass is 9.90. The standard InChI is InChI=1S/C27H33ClO6/c1-27(2)19-11-18(12-20(19)27)33-17-6-3-14(4-7-17)9-16-10-15(5-8-21(16)28)26-25(32)24(31)23(30)22(13-29)34-26/h3-8,10,18-20,22-26,29-32H,9,11-13H2,1-2H3/t18?,19?,20?,22-,23-,24+,25-,26?/m1/s1. The highest BCUT2D eigenvalue weighted by Gasteiger charge is 2.62. The van der Waals surface area contributed by atoms with Crippen molar-refractivity contribution in [3.8, 4) is 5.75 Å². The van der Waals surface area contributed by atoms with E-state index in [1.165, 1.54) is 0 Å². The highest BCUT2D eigenvalue weighted by atomic mass is 35.5. The zero-order chi connectivity index (χ0) is 24.2. The monoisotopic (exact) mass is 488 g/mol. The van der Waals surface area contributed by atoms with Crippen molar-refractivity contribution in [3.05, 3.63) is 64.2 Å². The van der Waals surface area contributed by atoms with Gasteiger partial charge in [-0.05, 0) is 71.4 Å². The molecule has 5 rings (SSSR count). The number of ether oxygens (including phenoxy) is 2. The van der Waals surface area contributed by atoms with E-state index in [4.69, 9.17) is 21.1 Å². The highest BCUT2D eigenvalue weighted by Crippen LogP contribution is 2.67. The van der Waals surface area contributed by atoms with Gasteiger partial charge in [0.05, 0.1) is 12.7 Å². The average molecular weight is 489 g/mol. The SMILES string of the molecule is CC1(C)C2CC(Oc3ccc(Cc4cc(C5O[C@H](CO)[C@@H](O)[C@H](O)[C@H]5O)ccc4Cl)cc3)CC21. The normalized spacial score (nSPS) is 36.2. The van der Waals surface area contributed by atoms with E-state index in [-0.39, 0.29) is 0 Å². The lowest BCUT2D eigenvalue weighted by Crippen LogP contribution is -2.55. The summed E-state index contributed by atoms with van der Waals surface area (Å²) in [5, 5.41) is 40.7. The molecule has 7 heteroatoms. The number of aliphatic hydroxyl groups excluding tert-OH is 4. The van der Waals surface area contributed by atoms with E-state index in [9.17, 15) is 20.4 Å². The number of benzene rings is 2. The summed E-state index contributed by atoms with van der Waals surface area (Å²) in [6, 6.07) is 13.4. The first-order valence-electron chi connectivity index (χ1n) is 12.0. The Bertz CT molecular complexity index is 1010. The van der Waals surface area contributed by atoms with Crippen LogP contribution in [0.5, 0.6) is 5.75 Å². The summed E-state index contributed by atoms with van der Waals surface area (Å²) in [7, 11) is 0. The van der Waals surface area contributed by atoms with Crippen molar-refractivity contribution in [1.29, 1.82) is 0 Å². The number of hydrogen-bond donors (Lipinski definition) is 4. The van der Waals surface area contributed by atoms with Crippen LogP contribution in [-0.2, 0) is 11.2 Å². The number of rotatable bonds is 6. The summed E-state index contributed by atoms with van der Waals surface area (Å²) in [5.74, 6) is 2.48. The Morgan fingerprint density at radius 1 is 0.971 bits per heavy atom. The molecule has 2 saturated carbocycles. The Balaban J connectivity index is 1.25. The fourth-order valence-corrected chi connectivity index (χ4v) is 6.12. The maximum absolute atomic E-state index is 10.5. The summed E-state index contributed by atoms with van der Waals surface area (Å²) < 4.78 is 11.9. The van der Waals surface area contributed by atoms with E-state index < -0.39 is 37.1 Å². The van der Waals surface area contributed by atoms with E-state index in [0.29, 0.717) is 28.5 Å². The first kappa shape index (κ1) is 24.0. The Hall–Kier alpha value is -1.67. The molecule has 3 unspecified atom stereocenters. The number of halogens is 1. The lowest BCUT2D eigenvalue weighted by Gasteiger charge is -2.40. The molecule has 0 bridgehead atoms. The molecule has 3 fully saturated rings. The molecule has 7 atom stereocenters. The van der Waals surface area contributed by atoms with Crippen molar-refractivity contribution in [1.82, 2.24) is 0 Å². The summed E-state index contributed by atoms with van der Waals surface area (Å²) in [5.41, 5.74) is 3.03. The zero-order valence-electron chi connectivity index (χ0n) is 19.5. The van der Waals surface area contributed by atoms with Crippen molar-refractivity contribution in [2.45, 2.75) is 69.7 Å². The van der Waals surface area contributed by atoms with Gasteiger partial charge in [0.25, 0.3) is 0 Å². The van der Waals surface area contributed by atoms with Crippen molar-refractivity contribution in [3.63, 3.8) is 0 Å². The fraction of sp³-hybridized carbons (Fsp3) is 0.556. The van der Waals surface area contributed by atoms with Gasteiger partial charge in [0.1, 0.15) is 36.3 Å². The van der Waals surface area contributed by atoms with Gasteiger partial charge < -0.3 is 29.9 Å². The van der Waals surface area contributed by atoms with Gasteiger partial charge in [0.15, 0.2) is 0 Å². The van der Waals surface area contributed by atoms with Gasteiger partial charge in [-0.1, -0.05) is 49.7 Å². The molecule has 2 aromatic carbocycles. The second kappa shape index (κ2) is 9.08. The third kappa shape index (κ3) is 4.36. The van der Waals surface area contributed by atoms with E-state index in [1.807, 2.05) is 30.3 Å². The molecule has 0 radical (unpaired) electrons. The predicted octanol–water partition coefficient (Wildman–Crippen LogP) is 3.26. The van der Waals surface area contributed by atoms with Crippen LogP contribution in [0, 0.1) is 17.3 Å². The summed E-state index contributed by atoms with van der Waals surface area (Å²) >= 11 is 6.46. The van der Waals surface area contributed by atoms with Gasteiger partial charge in [-0.3, -0.25) is 0 Å². The van der Waals surface area contributed by atoms with E-state index >= 15 is 0 Å².